The van der Waals surface area contributed by atoms with Crippen molar-refractivity contribution in [2.45, 2.75) is 12.2 Å². The maximum atomic E-state index is 12.1. The van der Waals surface area contributed by atoms with Crippen molar-refractivity contribution in [3.63, 3.8) is 0 Å². The number of carbonyl (C=O) groups excluding carboxylic acids is 1. The van der Waals surface area contributed by atoms with E-state index >= 15 is 0 Å². The first-order valence-corrected chi connectivity index (χ1v) is 9.01. The second kappa shape index (κ2) is 5.65. The lowest BCUT2D eigenvalue weighted by Crippen LogP contribution is -2.57. The van der Waals surface area contributed by atoms with E-state index in [1.807, 2.05) is 13.0 Å². The van der Waals surface area contributed by atoms with Gasteiger partial charge in [0.2, 0.25) is 0 Å². The highest BCUT2D eigenvalue weighted by Gasteiger charge is 2.37. The van der Waals surface area contributed by atoms with Crippen molar-refractivity contribution in [1.29, 1.82) is 0 Å². The molecule has 0 atom stereocenters. The Bertz CT molecular complexity index is 825. The van der Waals surface area contributed by atoms with E-state index in [1.54, 1.807) is 29.3 Å². The topological polar surface area (TPSA) is 97.2 Å². The van der Waals surface area contributed by atoms with Gasteiger partial charge in [-0.05, 0) is 19.1 Å². The molecule has 1 fully saturated rings. The molecule has 2 aromatic heterocycles. The van der Waals surface area contributed by atoms with Gasteiger partial charge in [0.25, 0.3) is 0 Å². The van der Waals surface area contributed by atoms with Crippen molar-refractivity contribution < 1.29 is 13.2 Å². The molecule has 1 aliphatic rings. The van der Waals surface area contributed by atoms with E-state index in [1.165, 1.54) is 11.2 Å². The van der Waals surface area contributed by atoms with Crippen molar-refractivity contribution in [2.24, 2.45) is 0 Å². The van der Waals surface area contributed by atoms with Gasteiger partial charge >= 0.3 is 6.03 Å². The van der Waals surface area contributed by atoms with Crippen molar-refractivity contribution in [3.8, 4) is 5.69 Å². The van der Waals surface area contributed by atoms with Crippen LogP contribution in [0.15, 0.2) is 30.7 Å². The Kier molecular flexibility index (Phi) is 3.80. The summed E-state index contributed by atoms with van der Waals surface area (Å²) in [4.78, 5) is 17.6. The number of hydrogen-bond donors (Lipinski definition) is 1. The number of nitrogens with zero attached hydrogens (tertiary/aromatic N) is 4. The van der Waals surface area contributed by atoms with Gasteiger partial charge in [0.15, 0.2) is 15.7 Å². The van der Waals surface area contributed by atoms with Gasteiger partial charge in [-0.25, -0.2) is 17.9 Å². The molecule has 1 N–H and O–H groups in total. The molecule has 0 aromatic carbocycles. The van der Waals surface area contributed by atoms with Crippen molar-refractivity contribution in [3.05, 3.63) is 36.3 Å². The first-order chi connectivity index (χ1) is 10.8. The monoisotopic (exact) mass is 335 g/mol. The zero-order chi connectivity index (χ0) is 16.6. The lowest BCUT2D eigenvalue weighted by atomic mass is 10.2. The minimum Gasteiger partial charge on any atom is -0.322 e. The molecule has 3 heterocycles. The van der Waals surface area contributed by atoms with Gasteiger partial charge in [0, 0.05) is 37.3 Å². The molecule has 0 aliphatic carbocycles. The predicted octanol–water partition coefficient (Wildman–Crippen LogP) is 0.836. The Balaban J connectivity index is 1.67. The summed E-state index contributed by atoms with van der Waals surface area (Å²) in [6.45, 7) is 2.27. The van der Waals surface area contributed by atoms with Gasteiger partial charge < -0.3 is 4.90 Å². The molecule has 3 rings (SSSR count). The molecule has 2 aromatic rings. The zero-order valence-corrected chi connectivity index (χ0v) is 13.6. The second-order valence-corrected chi connectivity index (χ2v) is 7.93. The molecule has 0 spiro atoms. The van der Waals surface area contributed by atoms with Crippen LogP contribution < -0.4 is 5.32 Å². The number of hydrogen-bond acceptors (Lipinski definition) is 5. The molecule has 1 saturated heterocycles. The largest absolute Gasteiger partial charge is 0.323 e. The third kappa shape index (κ3) is 3.19. The molecule has 0 radical (unpaired) electrons. The number of pyridine rings is 1. The second-order valence-electron chi connectivity index (χ2n) is 5.60. The average molecular weight is 335 g/mol. The third-order valence-electron chi connectivity index (χ3n) is 3.77. The van der Waals surface area contributed by atoms with Gasteiger partial charge in [-0.1, -0.05) is 0 Å². The van der Waals surface area contributed by atoms with Crippen LogP contribution in [0.2, 0.25) is 0 Å². The Morgan fingerprint density at radius 2 is 2.13 bits per heavy atom. The first kappa shape index (κ1) is 15.5. The number of urea groups is 1. The summed E-state index contributed by atoms with van der Waals surface area (Å²) in [7, 11) is -3.09. The van der Waals surface area contributed by atoms with E-state index < -0.39 is 15.1 Å². The van der Waals surface area contributed by atoms with Gasteiger partial charge in [0.05, 0.1) is 17.1 Å². The molecule has 0 unspecified atom stereocenters. The SMILES string of the molecule is Cc1cn(-c2cccnc2)nc1NC(=O)N1CC(S(C)(=O)=O)C1. The Morgan fingerprint density at radius 1 is 1.39 bits per heavy atom. The lowest BCUT2D eigenvalue weighted by Gasteiger charge is -2.37. The number of nitrogens with one attached hydrogen (secondary N) is 1. The van der Waals surface area contributed by atoms with Gasteiger partial charge in [-0.3, -0.25) is 10.3 Å². The normalized spacial score (nSPS) is 15.3. The lowest BCUT2D eigenvalue weighted by molar-refractivity contribution is 0.183. The molecule has 9 heteroatoms. The number of rotatable bonds is 3. The fraction of sp³-hybridized carbons (Fsp3) is 0.357. The maximum Gasteiger partial charge on any atom is 0.323 e. The Labute approximate surface area is 134 Å². The summed E-state index contributed by atoms with van der Waals surface area (Å²) in [5.74, 6) is 0.446. The highest BCUT2D eigenvalue weighted by Crippen LogP contribution is 2.19. The number of aromatic nitrogens is 3. The van der Waals surface area contributed by atoms with E-state index in [9.17, 15) is 13.2 Å². The Hall–Kier alpha value is -2.42. The van der Waals surface area contributed by atoms with Crippen LogP contribution in [0, 0.1) is 6.92 Å². The Morgan fingerprint density at radius 3 is 2.74 bits per heavy atom. The summed E-state index contributed by atoms with van der Waals surface area (Å²) < 4.78 is 24.4. The first-order valence-electron chi connectivity index (χ1n) is 7.06. The van der Waals surface area contributed by atoms with Crippen LogP contribution in [0.5, 0.6) is 0 Å². The van der Waals surface area contributed by atoms with E-state index in [2.05, 4.69) is 15.4 Å². The molecule has 2 amide bonds. The molecule has 0 bridgehead atoms. The van der Waals surface area contributed by atoms with E-state index in [4.69, 9.17) is 0 Å². The van der Waals surface area contributed by atoms with Crippen LogP contribution >= 0.6 is 0 Å². The zero-order valence-electron chi connectivity index (χ0n) is 12.8. The summed E-state index contributed by atoms with van der Waals surface area (Å²) in [6, 6.07) is 3.32. The highest BCUT2D eigenvalue weighted by atomic mass is 32.2. The number of aryl methyl sites for hydroxylation is 1. The quantitative estimate of drug-likeness (QED) is 0.896. The molecule has 1 aliphatic heterocycles. The van der Waals surface area contributed by atoms with Crippen molar-refractivity contribution in [2.75, 3.05) is 24.7 Å². The highest BCUT2D eigenvalue weighted by molar-refractivity contribution is 7.91. The minimum atomic E-state index is -3.09. The molecule has 122 valence electrons. The van der Waals surface area contributed by atoms with Crippen LogP contribution in [0.1, 0.15) is 5.56 Å². The van der Waals surface area contributed by atoms with Crippen LogP contribution in [0.4, 0.5) is 10.6 Å². The predicted molar refractivity (Wildman–Crippen MR) is 85.3 cm³/mol. The molecular weight excluding hydrogens is 318 g/mol. The molecular formula is C14H17N5O3S. The summed E-state index contributed by atoms with van der Waals surface area (Å²) in [5.41, 5.74) is 1.60. The summed E-state index contributed by atoms with van der Waals surface area (Å²) in [5, 5.41) is 6.57. The smallest absolute Gasteiger partial charge is 0.322 e. The fourth-order valence-electron chi connectivity index (χ4n) is 2.26. The van der Waals surface area contributed by atoms with Crippen LogP contribution in [0.3, 0.4) is 0 Å². The fourth-order valence-corrected chi connectivity index (χ4v) is 3.16. The van der Waals surface area contributed by atoms with Gasteiger partial charge in [-0.2, -0.15) is 0 Å². The number of anilines is 1. The number of likely N-dealkylation sites (tertiary alicyclic amines) is 1. The van der Waals surface area contributed by atoms with Crippen LogP contribution in [-0.4, -0.2) is 58.7 Å². The van der Waals surface area contributed by atoms with Crippen LogP contribution in [-0.2, 0) is 9.84 Å². The minimum absolute atomic E-state index is 0.215. The number of amides is 2. The van der Waals surface area contributed by atoms with Gasteiger partial charge in [0.1, 0.15) is 0 Å². The molecule has 23 heavy (non-hydrogen) atoms. The van der Waals surface area contributed by atoms with E-state index in [0.717, 1.165) is 11.3 Å². The van der Waals surface area contributed by atoms with E-state index in [-0.39, 0.29) is 19.1 Å². The summed E-state index contributed by atoms with van der Waals surface area (Å²) in [6.07, 6.45) is 6.32. The number of sulfone groups is 1. The molecule has 8 nitrogen and oxygen atoms in total. The van der Waals surface area contributed by atoms with Crippen LogP contribution in [0.25, 0.3) is 5.69 Å². The average Bonchev–Trinajstić information content (AvgIpc) is 2.78. The van der Waals surface area contributed by atoms with Crippen molar-refractivity contribution >= 4 is 21.7 Å². The molecule has 0 saturated carbocycles. The third-order valence-corrected chi connectivity index (χ3v) is 5.28. The standard InChI is InChI=1S/C14H17N5O3S/c1-10-7-19(11-4-3-5-15-6-11)17-13(10)16-14(20)18-8-12(9-18)23(2,21)22/h3-7,12H,8-9H2,1-2H3,(H,16,17,20). The summed E-state index contributed by atoms with van der Waals surface area (Å²) >= 11 is 0. The maximum absolute atomic E-state index is 12.1. The van der Waals surface area contributed by atoms with Gasteiger partial charge in [-0.15, -0.1) is 5.10 Å². The number of carbonyl (C=O) groups is 1. The van der Waals surface area contributed by atoms with E-state index in [0.29, 0.717) is 5.82 Å². The van der Waals surface area contributed by atoms with Crippen molar-refractivity contribution in [1.82, 2.24) is 19.7 Å².